The Labute approximate surface area is 107 Å². The Hall–Kier alpha value is -0.800. The van der Waals surface area contributed by atoms with E-state index in [-0.39, 0.29) is 5.82 Å². The number of benzene rings is 1. The van der Waals surface area contributed by atoms with Crippen molar-refractivity contribution in [1.82, 2.24) is 5.32 Å². The van der Waals surface area contributed by atoms with Crippen LogP contribution in [0.3, 0.4) is 0 Å². The van der Waals surface area contributed by atoms with E-state index in [0.717, 1.165) is 38.2 Å². The van der Waals surface area contributed by atoms with E-state index in [1.165, 1.54) is 6.07 Å². The normalized spacial score (nSPS) is 19.9. The van der Waals surface area contributed by atoms with Crippen LogP contribution in [0.1, 0.15) is 19.8 Å². The van der Waals surface area contributed by atoms with E-state index in [4.69, 9.17) is 11.6 Å². The van der Waals surface area contributed by atoms with Crippen LogP contribution in [-0.4, -0.2) is 25.7 Å². The molecule has 1 N–H and O–H groups in total. The van der Waals surface area contributed by atoms with Crippen molar-refractivity contribution in [3.8, 4) is 0 Å². The van der Waals surface area contributed by atoms with Crippen LogP contribution in [0.4, 0.5) is 10.1 Å². The molecule has 1 aliphatic rings. The highest BCUT2D eigenvalue weighted by Gasteiger charge is 2.22. The fourth-order valence-corrected chi connectivity index (χ4v) is 2.45. The van der Waals surface area contributed by atoms with Gasteiger partial charge in [-0.3, -0.25) is 0 Å². The minimum atomic E-state index is -0.266. The van der Waals surface area contributed by atoms with E-state index in [1.807, 2.05) is 6.07 Å². The summed E-state index contributed by atoms with van der Waals surface area (Å²) < 4.78 is 13.3. The maximum Gasteiger partial charge on any atom is 0.126 e. The zero-order valence-corrected chi connectivity index (χ0v) is 10.8. The van der Waals surface area contributed by atoms with E-state index < -0.39 is 0 Å². The molecule has 2 nitrogen and oxygen atoms in total. The molecule has 1 atom stereocenters. The Kier molecular flexibility index (Phi) is 4.24. The van der Waals surface area contributed by atoms with Gasteiger partial charge in [-0.25, -0.2) is 4.39 Å². The number of rotatable bonds is 4. The first-order valence-electron chi connectivity index (χ1n) is 6.13. The van der Waals surface area contributed by atoms with E-state index >= 15 is 0 Å². The second-order valence-electron chi connectivity index (χ2n) is 4.51. The van der Waals surface area contributed by atoms with Gasteiger partial charge in [0.1, 0.15) is 5.82 Å². The van der Waals surface area contributed by atoms with Crippen LogP contribution in [0.25, 0.3) is 0 Å². The zero-order chi connectivity index (χ0) is 12.3. The van der Waals surface area contributed by atoms with Crippen LogP contribution in [-0.2, 0) is 0 Å². The smallest absolute Gasteiger partial charge is 0.126 e. The first-order chi connectivity index (χ1) is 8.19. The molecule has 0 spiro atoms. The third-order valence-electron chi connectivity index (χ3n) is 3.08. The van der Waals surface area contributed by atoms with Crippen LogP contribution in [0.15, 0.2) is 18.2 Å². The van der Waals surface area contributed by atoms with Crippen LogP contribution >= 0.6 is 11.6 Å². The second-order valence-corrected chi connectivity index (χ2v) is 4.95. The van der Waals surface area contributed by atoms with Crippen molar-refractivity contribution in [3.63, 3.8) is 0 Å². The number of anilines is 1. The van der Waals surface area contributed by atoms with Crippen molar-refractivity contribution >= 4 is 17.3 Å². The number of halogens is 2. The summed E-state index contributed by atoms with van der Waals surface area (Å²) in [7, 11) is 0. The molecule has 0 radical (unpaired) electrons. The van der Waals surface area contributed by atoms with Gasteiger partial charge in [0.15, 0.2) is 0 Å². The lowest BCUT2D eigenvalue weighted by Gasteiger charge is -2.19. The summed E-state index contributed by atoms with van der Waals surface area (Å²) in [5, 5.41) is 3.95. The molecular weight excluding hydrogens is 239 g/mol. The molecule has 0 bridgehead atoms. The number of hydrogen-bond acceptors (Lipinski definition) is 2. The number of hydrogen-bond donors (Lipinski definition) is 1. The molecule has 1 aromatic rings. The summed E-state index contributed by atoms with van der Waals surface area (Å²) in [6.45, 7) is 5.09. The van der Waals surface area contributed by atoms with Gasteiger partial charge in [0.2, 0.25) is 0 Å². The first kappa shape index (κ1) is 12.7. The predicted molar refractivity (Wildman–Crippen MR) is 70.3 cm³/mol. The molecule has 17 heavy (non-hydrogen) atoms. The van der Waals surface area contributed by atoms with E-state index in [0.29, 0.717) is 11.1 Å². The number of nitrogens with one attached hydrogen (secondary N) is 1. The SMILES string of the molecule is CCCNC1CCN(c2cc(F)cc(Cl)c2)C1. The molecule has 0 aliphatic carbocycles. The molecule has 0 amide bonds. The van der Waals surface area contributed by atoms with E-state index in [9.17, 15) is 4.39 Å². The van der Waals surface area contributed by atoms with Crippen LogP contribution < -0.4 is 10.2 Å². The summed E-state index contributed by atoms with van der Waals surface area (Å²) in [4.78, 5) is 2.18. The number of nitrogens with zero attached hydrogens (tertiary/aromatic N) is 1. The molecule has 94 valence electrons. The summed E-state index contributed by atoms with van der Waals surface area (Å²) >= 11 is 5.87. The van der Waals surface area contributed by atoms with Gasteiger partial charge < -0.3 is 10.2 Å². The van der Waals surface area contributed by atoms with Gasteiger partial charge >= 0.3 is 0 Å². The van der Waals surface area contributed by atoms with Crippen LogP contribution in [0, 0.1) is 5.82 Å². The Morgan fingerprint density at radius 3 is 3.00 bits per heavy atom. The van der Waals surface area contributed by atoms with E-state index in [2.05, 4.69) is 17.1 Å². The molecule has 1 heterocycles. The van der Waals surface area contributed by atoms with Gasteiger partial charge in [0, 0.05) is 29.8 Å². The highest BCUT2D eigenvalue weighted by Crippen LogP contribution is 2.25. The van der Waals surface area contributed by atoms with Gasteiger partial charge in [-0.05, 0) is 37.6 Å². The molecule has 1 saturated heterocycles. The molecule has 1 fully saturated rings. The molecule has 0 saturated carbocycles. The van der Waals surface area contributed by atoms with Crippen molar-refractivity contribution in [3.05, 3.63) is 29.0 Å². The second kappa shape index (κ2) is 5.69. The fourth-order valence-electron chi connectivity index (χ4n) is 2.23. The molecular formula is C13H18ClFN2. The lowest BCUT2D eigenvalue weighted by Crippen LogP contribution is -2.32. The minimum Gasteiger partial charge on any atom is -0.370 e. The predicted octanol–water partition coefficient (Wildman–Crippen LogP) is 3.06. The van der Waals surface area contributed by atoms with Crippen molar-refractivity contribution in [2.45, 2.75) is 25.8 Å². The average molecular weight is 257 g/mol. The standard InChI is InChI=1S/C13H18ClFN2/c1-2-4-16-12-3-5-17(9-12)13-7-10(14)6-11(15)8-13/h6-8,12,16H,2-5,9H2,1H3. The van der Waals surface area contributed by atoms with Gasteiger partial charge in [0.05, 0.1) is 0 Å². The zero-order valence-electron chi connectivity index (χ0n) is 10.0. The van der Waals surface area contributed by atoms with E-state index in [1.54, 1.807) is 6.07 Å². The third-order valence-corrected chi connectivity index (χ3v) is 3.30. The molecule has 1 aromatic carbocycles. The molecule has 2 rings (SSSR count). The van der Waals surface area contributed by atoms with Crippen LogP contribution in [0.5, 0.6) is 0 Å². The van der Waals surface area contributed by atoms with Gasteiger partial charge in [-0.15, -0.1) is 0 Å². The highest BCUT2D eigenvalue weighted by molar-refractivity contribution is 6.30. The quantitative estimate of drug-likeness (QED) is 0.891. The van der Waals surface area contributed by atoms with Crippen molar-refractivity contribution in [2.75, 3.05) is 24.5 Å². The summed E-state index contributed by atoms with van der Waals surface area (Å²) in [5.41, 5.74) is 0.885. The highest BCUT2D eigenvalue weighted by atomic mass is 35.5. The lowest BCUT2D eigenvalue weighted by atomic mass is 10.2. The van der Waals surface area contributed by atoms with Crippen molar-refractivity contribution in [2.24, 2.45) is 0 Å². The van der Waals surface area contributed by atoms with Crippen molar-refractivity contribution in [1.29, 1.82) is 0 Å². The lowest BCUT2D eigenvalue weighted by molar-refractivity contribution is 0.549. The fraction of sp³-hybridized carbons (Fsp3) is 0.538. The maximum atomic E-state index is 13.3. The topological polar surface area (TPSA) is 15.3 Å². The average Bonchev–Trinajstić information content (AvgIpc) is 2.73. The Morgan fingerprint density at radius 1 is 1.47 bits per heavy atom. The molecule has 1 aliphatic heterocycles. The summed E-state index contributed by atoms with van der Waals surface area (Å²) in [6, 6.07) is 5.23. The van der Waals surface area contributed by atoms with Gasteiger partial charge in [-0.1, -0.05) is 18.5 Å². The van der Waals surface area contributed by atoms with Crippen molar-refractivity contribution < 1.29 is 4.39 Å². The Morgan fingerprint density at radius 2 is 2.29 bits per heavy atom. The molecule has 0 aromatic heterocycles. The maximum absolute atomic E-state index is 13.3. The minimum absolute atomic E-state index is 0.266. The third kappa shape index (κ3) is 3.33. The summed E-state index contributed by atoms with van der Waals surface area (Å²) in [5.74, 6) is -0.266. The van der Waals surface area contributed by atoms with Gasteiger partial charge in [0.25, 0.3) is 0 Å². The monoisotopic (exact) mass is 256 g/mol. The molecule has 1 unspecified atom stereocenters. The molecule has 4 heteroatoms. The Balaban J connectivity index is 1.99. The Bertz CT molecular complexity index is 363. The van der Waals surface area contributed by atoms with Crippen LogP contribution in [0.2, 0.25) is 5.02 Å². The largest absolute Gasteiger partial charge is 0.370 e. The summed E-state index contributed by atoms with van der Waals surface area (Å²) in [6.07, 6.45) is 2.25. The first-order valence-corrected chi connectivity index (χ1v) is 6.51. The van der Waals surface area contributed by atoms with Gasteiger partial charge in [-0.2, -0.15) is 0 Å².